The van der Waals surface area contributed by atoms with Crippen molar-refractivity contribution < 1.29 is 0 Å². The molecule has 0 aliphatic carbocycles. The van der Waals surface area contributed by atoms with Crippen LogP contribution in [0.1, 0.15) is 11.1 Å². The van der Waals surface area contributed by atoms with Gasteiger partial charge in [-0.3, -0.25) is 0 Å². The Labute approximate surface area is 107 Å². The topological polar surface area (TPSA) is 12.9 Å². The van der Waals surface area contributed by atoms with Crippen LogP contribution in [0.2, 0.25) is 0 Å². The number of rotatable bonds is 1. The van der Waals surface area contributed by atoms with Crippen LogP contribution in [0.25, 0.3) is 22.2 Å². The van der Waals surface area contributed by atoms with Crippen LogP contribution in [0, 0.1) is 13.8 Å². The van der Waals surface area contributed by atoms with Crippen LogP contribution in [-0.2, 0) is 0 Å². The summed E-state index contributed by atoms with van der Waals surface area (Å²) in [5, 5.41) is 1.21. The van der Waals surface area contributed by atoms with E-state index in [2.05, 4.69) is 50.2 Å². The smallest absolute Gasteiger partial charge is 0.0738 e. The molecule has 0 saturated heterocycles. The molecule has 1 nitrogen and oxygen atoms in total. The van der Waals surface area contributed by atoms with Crippen molar-refractivity contribution in [1.82, 2.24) is 4.98 Å². The van der Waals surface area contributed by atoms with E-state index in [4.69, 9.17) is 4.98 Å². The molecular formula is C17H15N. The molecule has 1 heteroatoms. The Hall–Kier alpha value is -2.15. The van der Waals surface area contributed by atoms with Gasteiger partial charge in [0.15, 0.2) is 0 Å². The number of nitrogens with zero attached hydrogens (tertiary/aromatic N) is 1. The van der Waals surface area contributed by atoms with E-state index < -0.39 is 0 Å². The minimum absolute atomic E-state index is 1.04. The molecule has 0 N–H and O–H groups in total. The number of pyridine rings is 1. The first-order chi connectivity index (χ1) is 8.74. The van der Waals surface area contributed by atoms with Crippen molar-refractivity contribution in [3.05, 3.63) is 65.7 Å². The van der Waals surface area contributed by atoms with Crippen molar-refractivity contribution in [3.8, 4) is 11.3 Å². The van der Waals surface area contributed by atoms with Gasteiger partial charge < -0.3 is 0 Å². The van der Waals surface area contributed by atoms with E-state index in [-0.39, 0.29) is 0 Å². The van der Waals surface area contributed by atoms with Crippen LogP contribution in [0.5, 0.6) is 0 Å². The summed E-state index contributed by atoms with van der Waals surface area (Å²) in [6, 6.07) is 18.9. The Morgan fingerprint density at radius 1 is 0.833 bits per heavy atom. The maximum absolute atomic E-state index is 4.79. The summed E-state index contributed by atoms with van der Waals surface area (Å²) in [5.41, 5.74) is 5.83. The number of hydrogen-bond acceptors (Lipinski definition) is 1. The van der Waals surface area contributed by atoms with Gasteiger partial charge in [-0.2, -0.15) is 0 Å². The molecule has 0 radical (unpaired) electrons. The number of fused-ring (bicyclic) bond motifs is 1. The normalized spacial score (nSPS) is 10.8. The maximum Gasteiger partial charge on any atom is 0.0738 e. The molecule has 1 heterocycles. The van der Waals surface area contributed by atoms with Gasteiger partial charge in [0, 0.05) is 10.9 Å². The van der Waals surface area contributed by atoms with E-state index in [1.807, 2.05) is 18.2 Å². The predicted molar refractivity (Wildman–Crippen MR) is 76.7 cm³/mol. The van der Waals surface area contributed by atoms with E-state index >= 15 is 0 Å². The molecular weight excluding hydrogens is 218 g/mol. The van der Waals surface area contributed by atoms with Gasteiger partial charge in [-0.05, 0) is 31.5 Å². The van der Waals surface area contributed by atoms with Crippen molar-refractivity contribution >= 4 is 10.9 Å². The van der Waals surface area contributed by atoms with Gasteiger partial charge in [0.2, 0.25) is 0 Å². The summed E-state index contributed by atoms with van der Waals surface area (Å²) in [7, 11) is 0. The molecule has 0 spiro atoms. The van der Waals surface area contributed by atoms with Gasteiger partial charge in [-0.25, -0.2) is 4.98 Å². The van der Waals surface area contributed by atoms with Crippen LogP contribution in [0.4, 0.5) is 0 Å². The highest BCUT2D eigenvalue weighted by Crippen LogP contribution is 2.23. The molecule has 3 aromatic rings. The molecule has 0 atom stereocenters. The number of aryl methyl sites for hydroxylation is 2. The quantitative estimate of drug-likeness (QED) is 0.602. The minimum atomic E-state index is 1.04. The molecule has 3 rings (SSSR count). The fourth-order valence-corrected chi connectivity index (χ4v) is 2.37. The van der Waals surface area contributed by atoms with Gasteiger partial charge in [0.1, 0.15) is 0 Å². The van der Waals surface area contributed by atoms with Crippen LogP contribution in [0.3, 0.4) is 0 Å². The molecule has 0 bridgehead atoms. The van der Waals surface area contributed by atoms with Crippen LogP contribution in [0.15, 0.2) is 54.6 Å². The summed E-state index contributed by atoms with van der Waals surface area (Å²) in [4.78, 5) is 4.79. The fraction of sp³-hybridized carbons (Fsp3) is 0.118. The van der Waals surface area contributed by atoms with E-state index in [0.717, 1.165) is 11.2 Å². The zero-order valence-electron chi connectivity index (χ0n) is 10.6. The van der Waals surface area contributed by atoms with Gasteiger partial charge in [-0.1, -0.05) is 48.0 Å². The average molecular weight is 233 g/mol. The average Bonchev–Trinajstić information content (AvgIpc) is 2.39. The SMILES string of the molecule is Cc1cc(C)c2nc(-c3ccccc3)ccc2c1. The fourth-order valence-electron chi connectivity index (χ4n) is 2.37. The van der Waals surface area contributed by atoms with E-state index in [0.29, 0.717) is 0 Å². The molecule has 0 amide bonds. The van der Waals surface area contributed by atoms with Gasteiger partial charge in [-0.15, -0.1) is 0 Å². The second-order valence-corrected chi connectivity index (χ2v) is 4.72. The van der Waals surface area contributed by atoms with Gasteiger partial charge in [0.25, 0.3) is 0 Å². The Bertz CT molecular complexity index is 699. The second kappa shape index (κ2) is 4.26. The van der Waals surface area contributed by atoms with Crippen molar-refractivity contribution in [2.24, 2.45) is 0 Å². The summed E-state index contributed by atoms with van der Waals surface area (Å²) in [6.07, 6.45) is 0. The van der Waals surface area contributed by atoms with E-state index in [1.165, 1.54) is 22.1 Å². The monoisotopic (exact) mass is 233 g/mol. The Balaban J connectivity index is 2.23. The summed E-state index contributed by atoms with van der Waals surface area (Å²) in [5.74, 6) is 0. The number of hydrogen-bond donors (Lipinski definition) is 0. The Kier molecular flexibility index (Phi) is 2.60. The molecule has 2 aromatic carbocycles. The molecule has 18 heavy (non-hydrogen) atoms. The lowest BCUT2D eigenvalue weighted by molar-refractivity contribution is 1.34. The standard InChI is InChI=1S/C17H15N/c1-12-10-13(2)17-15(11-12)8-9-16(18-17)14-6-4-3-5-7-14/h3-11H,1-2H3. The highest BCUT2D eigenvalue weighted by Gasteiger charge is 2.03. The van der Waals surface area contributed by atoms with E-state index in [9.17, 15) is 0 Å². The highest BCUT2D eigenvalue weighted by molar-refractivity contribution is 5.84. The molecule has 0 saturated carbocycles. The van der Waals surface area contributed by atoms with Crippen LogP contribution >= 0.6 is 0 Å². The molecule has 1 aromatic heterocycles. The first-order valence-electron chi connectivity index (χ1n) is 6.17. The minimum Gasteiger partial charge on any atom is -0.248 e. The molecule has 0 unspecified atom stereocenters. The Morgan fingerprint density at radius 3 is 2.39 bits per heavy atom. The molecule has 0 fully saturated rings. The lowest BCUT2D eigenvalue weighted by Gasteiger charge is -2.06. The summed E-state index contributed by atoms with van der Waals surface area (Å²) >= 11 is 0. The lowest BCUT2D eigenvalue weighted by atomic mass is 10.0. The largest absolute Gasteiger partial charge is 0.248 e. The van der Waals surface area contributed by atoms with Crippen molar-refractivity contribution in [2.45, 2.75) is 13.8 Å². The maximum atomic E-state index is 4.79. The van der Waals surface area contributed by atoms with Gasteiger partial charge >= 0.3 is 0 Å². The third kappa shape index (κ3) is 1.88. The highest BCUT2D eigenvalue weighted by atomic mass is 14.7. The van der Waals surface area contributed by atoms with Crippen LogP contribution in [-0.4, -0.2) is 4.98 Å². The number of aromatic nitrogens is 1. The third-order valence-corrected chi connectivity index (χ3v) is 3.20. The summed E-state index contributed by atoms with van der Waals surface area (Å²) < 4.78 is 0. The zero-order valence-corrected chi connectivity index (χ0v) is 10.6. The van der Waals surface area contributed by atoms with Crippen molar-refractivity contribution in [3.63, 3.8) is 0 Å². The predicted octanol–water partition coefficient (Wildman–Crippen LogP) is 4.52. The third-order valence-electron chi connectivity index (χ3n) is 3.20. The lowest BCUT2D eigenvalue weighted by Crippen LogP contribution is -1.89. The molecule has 0 aliphatic heterocycles. The Morgan fingerprint density at radius 2 is 1.61 bits per heavy atom. The summed E-state index contributed by atoms with van der Waals surface area (Å²) in [6.45, 7) is 4.24. The first kappa shape index (κ1) is 11.0. The van der Waals surface area contributed by atoms with Crippen LogP contribution < -0.4 is 0 Å². The zero-order chi connectivity index (χ0) is 12.5. The van der Waals surface area contributed by atoms with Gasteiger partial charge in [0.05, 0.1) is 11.2 Å². The molecule has 88 valence electrons. The molecule has 0 aliphatic rings. The van der Waals surface area contributed by atoms with Crippen molar-refractivity contribution in [2.75, 3.05) is 0 Å². The number of benzene rings is 2. The van der Waals surface area contributed by atoms with E-state index in [1.54, 1.807) is 0 Å². The second-order valence-electron chi connectivity index (χ2n) is 4.72. The van der Waals surface area contributed by atoms with Crippen molar-refractivity contribution in [1.29, 1.82) is 0 Å². The first-order valence-corrected chi connectivity index (χ1v) is 6.17.